The number of imidazole rings is 2. The molecule has 1 saturated heterocycles. The van der Waals surface area contributed by atoms with Crippen LogP contribution in [0.15, 0.2) is 97.6 Å². The van der Waals surface area contributed by atoms with Crippen LogP contribution in [0.25, 0.3) is 39.4 Å². The topological polar surface area (TPSA) is 75.0 Å². The van der Waals surface area contributed by atoms with Crippen LogP contribution in [-0.4, -0.2) is 47.3 Å². The summed E-state index contributed by atoms with van der Waals surface area (Å²) >= 11 is 0. The number of likely N-dealkylation sites (tertiary alicyclic amines) is 1. The molecule has 0 spiro atoms. The Morgan fingerprint density at radius 3 is 2.40 bits per heavy atom. The van der Waals surface area contributed by atoms with E-state index < -0.39 is 0 Å². The zero-order chi connectivity index (χ0) is 26.9. The predicted octanol–water partition coefficient (Wildman–Crippen LogP) is 6.54. The monoisotopic (exact) mass is 525 g/mol. The van der Waals surface area contributed by atoms with Crippen molar-refractivity contribution in [2.45, 2.75) is 32.2 Å². The normalized spacial score (nSPS) is 14.6. The molecule has 0 aliphatic carbocycles. The van der Waals surface area contributed by atoms with E-state index in [0.717, 1.165) is 83.5 Å². The molecule has 198 valence electrons. The Morgan fingerprint density at radius 2 is 1.62 bits per heavy atom. The van der Waals surface area contributed by atoms with Gasteiger partial charge in [0.1, 0.15) is 17.3 Å². The van der Waals surface area contributed by atoms with Gasteiger partial charge in [-0.2, -0.15) is 0 Å². The number of aromatic nitrogens is 6. The Morgan fingerprint density at radius 1 is 0.825 bits per heavy atom. The van der Waals surface area contributed by atoms with Gasteiger partial charge in [0.25, 0.3) is 0 Å². The average Bonchev–Trinajstić information content (AvgIpc) is 3.70. The van der Waals surface area contributed by atoms with Crippen LogP contribution in [0.3, 0.4) is 0 Å². The van der Waals surface area contributed by atoms with E-state index in [1.807, 2.05) is 56.0 Å². The number of pyridine rings is 1. The Balaban J connectivity index is 1.06. The van der Waals surface area contributed by atoms with Gasteiger partial charge in [0.2, 0.25) is 0 Å². The van der Waals surface area contributed by atoms with Crippen LogP contribution in [0.5, 0.6) is 0 Å². The van der Waals surface area contributed by atoms with Gasteiger partial charge in [0, 0.05) is 36.6 Å². The fourth-order valence-corrected chi connectivity index (χ4v) is 5.79. The number of hydrogen-bond donors (Lipinski definition) is 1. The second kappa shape index (κ2) is 10.5. The van der Waals surface area contributed by atoms with Crippen LogP contribution in [-0.2, 0) is 6.54 Å². The summed E-state index contributed by atoms with van der Waals surface area (Å²) in [5.74, 6) is 2.47. The highest BCUT2D eigenvalue weighted by Gasteiger charge is 2.23. The lowest BCUT2D eigenvalue weighted by Crippen LogP contribution is -2.32. The van der Waals surface area contributed by atoms with Gasteiger partial charge < -0.3 is 4.98 Å². The summed E-state index contributed by atoms with van der Waals surface area (Å²) in [5, 5.41) is 0. The number of H-pyrrole nitrogens is 1. The third-order valence-electron chi connectivity index (χ3n) is 7.93. The van der Waals surface area contributed by atoms with Crippen LogP contribution in [0.2, 0.25) is 0 Å². The second-order valence-corrected chi connectivity index (χ2v) is 10.5. The molecular weight excluding hydrogens is 494 g/mol. The smallest absolute Gasteiger partial charge is 0.148 e. The first-order valence-corrected chi connectivity index (χ1v) is 13.9. The van der Waals surface area contributed by atoms with Gasteiger partial charge in [0.15, 0.2) is 0 Å². The largest absolute Gasteiger partial charge is 0.340 e. The molecule has 40 heavy (non-hydrogen) atoms. The van der Waals surface area contributed by atoms with Crippen molar-refractivity contribution in [2.24, 2.45) is 0 Å². The Kier molecular flexibility index (Phi) is 6.42. The summed E-state index contributed by atoms with van der Waals surface area (Å²) in [4.78, 5) is 24.9. The third kappa shape index (κ3) is 4.69. The predicted molar refractivity (Wildman–Crippen MR) is 158 cm³/mol. The lowest BCUT2D eigenvalue weighted by Gasteiger charge is -2.31. The van der Waals surface area contributed by atoms with Crippen LogP contribution < -0.4 is 0 Å². The first-order chi connectivity index (χ1) is 19.7. The fourth-order valence-electron chi connectivity index (χ4n) is 5.79. The van der Waals surface area contributed by atoms with Crippen molar-refractivity contribution in [3.05, 3.63) is 115 Å². The molecule has 1 fully saturated rings. The number of benzene rings is 2. The highest BCUT2D eigenvalue weighted by molar-refractivity contribution is 5.90. The summed E-state index contributed by atoms with van der Waals surface area (Å²) in [7, 11) is 0. The molecule has 7 rings (SSSR count). The van der Waals surface area contributed by atoms with E-state index in [2.05, 4.69) is 77.8 Å². The van der Waals surface area contributed by atoms with Gasteiger partial charge in [-0.1, -0.05) is 60.7 Å². The highest BCUT2D eigenvalue weighted by atomic mass is 15.1. The lowest BCUT2D eigenvalue weighted by molar-refractivity contribution is 0.202. The van der Waals surface area contributed by atoms with Crippen molar-refractivity contribution < 1.29 is 0 Å². The second-order valence-electron chi connectivity index (χ2n) is 10.5. The molecule has 1 aliphatic heterocycles. The molecule has 0 radical (unpaired) electrons. The number of fused-ring (bicyclic) bond motifs is 1. The highest BCUT2D eigenvalue weighted by Crippen LogP contribution is 2.34. The molecule has 6 aromatic rings. The maximum absolute atomic E-state index is 5.02. The maximum atomic E-state index is 5.02. The first kappa shape index (κ1) is 24.4. The minimum absolute atomic E-state index is 0.458. The number of piperidine rings is 1. The van der Waals surface area contributed by atoms with Crippen LogP contribution in [0.4, 0.5) is 0 Å². The number of aryl methyl sites for hydroxylation is 1. The molecule has 4 aromatic heterocycles. The zero-order valence-corrected chi connectivity index (χ0v) is 22.5. The van der Waals surface area contributed by atoms with Gasteiger partial charge in [-0.25, -0.2) is 15.0 Å². The SMILES string of the molecule is Cc1nc(-c2ccc(CN3CCC(c4ncc(-c5ccccn5)[nH]4)CC3)cc2)c(-c2ccccc2)c2nccn12. The lowest BCUT2D eigenvalue weighted by atomic mass is 9.95. The van der Waals surface area contributed by atoms with E-state index >= 15 is 0 Å². The van der Waals surface area contributed by atoms with Gasteiger partial charge in [0.05, 0.1) is 28.8 Å². The van der Waals surface area contributed by atoms with Gasteiger partial charge in [-0.3, -0.25) is 14.3 Å². The molecular formula is C33H31N7. The van der Waals surface area contributed by atoms with E-state index in [0.29, 0.717) is 5.92 Å². The minimum atomic E-state index is 0.458. The molecule has 5 heterocycles. The average molecular weight is 526 g/mol. The minimum Gasteiger partial charge on any atom is -0.340 e. The number of nitrogens with one attached hydrogen (secondary N) is 1. The number of rotatable bonds is 6. The molecule has 2 aromatic carbocycles. The summed E-state index contributed by atoms with van der Waals surface area (Å²) in [6.07, 6.45) is 9.75. The van der Waals surface area contributed by atoms with Gasteiger partial charge >= 0.3 is 0 Å². The summed E-state index contributed by atoms with van der Waals surface area (Å²) in [6.45, 7) is 5.09. The Labute approximate surface area is 233 Å². The van der Waals surface area contributed by atoms with Gasteiger partial charge in [-0.05, 0) is 56.1 Å². The van der Waals surface area contributed by atoms with Crippen molar-refractivity contribution >= 4 is 5.65 Å². The molecule has 0 amide bonds. The van der Waals surface area contributed by atoms with E-state index in [1.54, 1.807) is 0 Å². The van der Waals surface area contributed by atoms with Gasteiger partial charge in [-0.15, -0.1) is 0 Å². The summed E-state index contributed by atoms with van der Waals surface area (Å²) in [5.41, 5.74) is 8.45. The molecule has 0 unspecified atom stereocenters. The standard InChI is InChI=1S/C33H31N7/c1-23-37-31(30(25-7-3-2-4-8-25)33-35-17-20-40(23)33)26-12-10-24(11-13-26)22-39-18-14-27(15-19-39)32-36-21-29(38-32)28-9-5-6-16-34-28/h2-13,16-17,20-21,27H,14-15,18-19,22H2,1H3,(H,36,38). The number of hydrogen-bond acceptors (Lipinski definition) is 5. The van der Waals surface area contributed by atoms with E-state index in [9.17, 15) is 0 Å². The molecule has 1 N–H and O–H groups in total. The molecule has 7 nitrogen and oxygen atoms in total. The van der Waals surface area contributed by atoms with Crippen molar-refractivity contribution in [1.82, 2.24) is 34.2 Å². The van der Waals surface area contributed by atoms with Crippen molar-refractivity contribution in [3.63, 3.8) is 0 Å². The van der Waals surface area contributed by atoms with Crippen LogP contribution >= 0.6 is 0 Å². The van der Waals surface area contributed by atoms with Crippen molar-refractivity contribution in [1.29, 1.82) is 0 Å². The zero-order valence-electron chi connectivity index (χ0n) is 22.5. The Hall–Kier alpha value is -4.62. The number of aromatic amines is 1. The van der Waals surface area contributed by atoms with E-state index in [4.69, 9.17) is 4.98 Å². The van der Waals surface area contributed by atoms with Crippen molar-refractivity contribution in [3.8, 4) is 33.8 Å². The molecule has 0 bridgehead atoms. The fraction of sp³-hybridized carbons (Fsp3) is 0.212. The van der Waals surface area contributed by atoms with E-state index in [-0.39, 0.29) is 0 Å². The summed E-state index contributed by atoms with van der Waals surface area (Å²) < 4.78 is 2.06. The molecule has 7 heteroatoms. The van der Waals surface area contributed by atoms with E-state index in [1.165, 1.54) is 5.56 Å². The van der Waals surface area contributed by atoms with Crippen LogP contribution in [0, 0.1) is 6.92 Å². The molecule has 0 atom stereocenters. The van der Waals surface area contributed by atoms with Crippen molar-refractivity contribution in [2.75, 3.05) is 13.1 Å². The molecule has 1 aliphatic rings. The quantitative estimate of drug-likeness (QED) is 0.267. The Bertz CT molecular complexity index is 1730. The summed E-state index contributed by atoms with van der Waals surface area (Å²) in [6, 6.07) is 25.3. The first-order valence-electron chi connectivity index (χ1n) is 13.9. The third-order valence-corrected chi connectivity index (χ3v) is 7.93. The maximum Gasteiger partial charge on any atom is 0.148 e. The molecule has 0 saturated carbocycles. The number of nitrogens with zero attached hydrogens (tertiary/aromatic N) is 6. The van der Waals surface area contributed by atoms with Crippen LogP contribution in [0.1, 0.15) is 36.0 Å².